The molecule has 3 atom stereocenters. The number of thioether (sulfide) groups is 1. The summed E-state index contributed by atoms with van der Waals surface area (Å²) < 4.78 is 5.60. The van der Waals surface area contributed by atoms with Crippen LogP contribution in [0.15, 0.2) is 0 Å². The van der Waals surface area contributed by atoms with Crippen molar-refractivity contribution in [2.45, 2.75) is 57.3 Å². The lowest BCUT2D eigenvalue weighted by molar-refractivity contribution is -0.127. The third kappa shape index (κ3) is 2.45. The standard InChI is InChI=1S/C14H27NO2S/c1-4-14(5-2)11(8-12(14)17-3)15-9-13(16)6-7-18-10-13/h11-12,15-16H,4-10H2,1-3H3/t11-,12-,13-/m1/s1. The van der Waals surface area contributed by atoms with Gasteiger partial charge in [-0.2, -0.15) is 11.8 Å². The van der Waals surface area contributed by atoms with Crippen molar-refractivity contribution in [3.05, 3.63) is 0 Å². The second-order valence-electron chi connectivity index (χ2n) is 5.86. The zero-order valence-electron chi connectivity index (χ0n) is 11.9. The van der Waals surface area contributed by atoms with E-state index in [1.165, 1.54) is 0 Å². The van der Waals surface area contributed by atoms with Crippen molar-refractivity contribution in [1.82, 2.24) is 5.32 Å². The smallest absolute Gasteiger partial charge is 0.0869 e. The highest BCUT2D eigenvalue weighted by molar-refractivity contribution is 7.99. The lowest BCUT2D eigenvalue weighted by Gasteiger charge is -2.55. The average Bonchev–Trinajstić information content (AvgIpc) is 2.77. The lowest BCUT2D eigenvalue weighted by Crippen LogP contribution is -2.64. The fourth-order valence-corrected chi connectivity index (χ4v) is 4.91. The van der Waals surface area contributed by atoms with E-state index in [-0.39, 0.29) is 5.41 Å². The molecule has 0 aromatic carbocycles. The van der Waals surface area contributed by atoms with Gasteiger partial charge in [-0.05, 0) is 31.4 Å². The first-order valence-electron chi connectivity index (χ1n) is 7.16. The number of hydrogen-bond donors (Lipinski definition) is 2. The summed E-state index contributed by atoms with van der Waals surface area (Å²) in [7, 11) is 1.82. The zero-order chi connectivity index (χ0) is 13.2. The second-order valence-corrected chi connectivity index (χ2v) is 6.97. The van der Waals surface area contributed by atoms with E-state index in [0.717, 1.165) is 43.7 Å². The third-order valence-electron chi connectivity index (χ3n) is 5.15. The van der Waals surface area contributed by atoms with Crippen LogP contribution in [0.2, 0.25) is 0 Å². The van der Waals surface area contributed by atoms with E-state index in [0.29, 0.717) is 12.1 Å². The van der Waals surface area contributed by atoms with Crippen molar-refractivity contribution >= 4 is 11.8 Å². The Balaban J connectivity index is 1.90. The van der Waals surface area contributed by atoms with Crippen molar-refractivity contribution in [2.75, 3.05) is 25.2 Å². The van der Waals surface area contributed by atoms with Gasteiger partial charge in [0.25, 0.3) is 0 Å². The van der Waals surface area contributed by atoms with Gasteiger partial charge in [-0.25, -0.2) is 0 Å². The molecule has 1 saturated carbocycles. The summed E-state index contributed by atoms with van der Waals surface area (Å²) in [5.41, 5.74) is -0.201. The maximum atomic E-state index is 10.4. The van der Waals surface area contributed by atoms with Gasteiger partial charge in [0.2, 0.25) is 0 Å². The monoisotopic (exact) mass is 273 g/mol. The Morgan fingerprint density at radius 3 is 2.61 bits per heavy atom. The van der Waals surface area contributed by atoms with Crippen molar-refractivity contribution in [3.63, 3.8) is 0 Å². The fourth-order valence-electron chi connectivity index (χ4n) is 3.61. The first kappa shape index (κ1) is 14.6. The highest BCUT2D eigenvalue weighted by atomic mass is 32.2. The van der Waals surface area contributed by atoms with Gasteiger partial charge in [0, 0.05) is 30.9 Å². The summed E-state index contributed by atoms with van der Waals surface area (Å²) in [5, 5.41) is 14.0. The maximum absolute atomic E-state index is 10.4. The zero-order valence-corrected chi connectivity index (χ0v) is 12.7. The van der Waals surface area contributed by atoms with Gasteiger partial charge < -0.3 is 15.2 Å². The number of aliphatic hydroxyl groups is 1. The van der Waals surface area contributed by atoms with Gasteiger partial charge in [0.15, 0.2) is 0 Å². The number of hydrogen-bond acceptors (Lipinski definition) is 4. The Kier molecular flexibility index (Phi) is 4.63. The molecule has 1 aliphatic heterocycles. The molecule has 1 aliphatic carbocycles. The van der Waals surface area contributed by atoms with Crippen molar-refractivity contribution in [2.24, 2.45) is 5.41 Å². The molecule has 2 fully saturated rings. The van der Waals surface area contributed by atoms with Crippen LogP contribution in [0.5, 0.6) is 0 Å². The molecule has 0 radical (unpaired) electrons. The predicted molar refractivity (Wildman–Crippen MR) is 77.1 cm³/mol. The van der Waals surface area contributed by atoms with E-state index in [4.69, 9.17) is 4.74 Å². The van der Waals surface area contributed by atoms with Crippen LogP contribution in [-0.2, 0) is 4.74 Å². The molecule has 2 aliphatic rings. The van der Waals surface area contributed by atoms with E-state index in [1.807, 2.05) is 18.9 Å². The largest absolute Gasteiger partial charge is 0.388 e. The SMILES string of the molecule is CCC1(CC)[C@H](NC[C@]2(O)CCSC2)C[C@H]1OC. The first-order valence-corrected chi connectivity index (χ1v) is 8.32. The van der Waals surface area contributed by atoms with Crippen LogP contribution in [0.1, 0.15) is 39.5 Å². The molecule has 0 amide bonds. The highest BCUT2D eigenvalue weighted by Crippen LogP contribution is 2.48. The molecule has 1 saturated heterocycles. The first-order chi connectivity index (χ1) is 8.60. The van der Waals surface area contributed by atoms with Crippen molar-refractivity contribution < 1.29 is 9.84 Å². The van der Waals surface area contributed by atoms with Crippen LogP contribution in [0.3, 0.4) is 0 Å². The number of methoxy groups -OCH3 is 1. The molecule has 3 nitrogen and oxygen atoms in total. The van der Waals surface area contributed by atoms with E-state index in [1.54, 1.807) is 0 Å². The van der Waals surface area contributed by atoms with Crippen LogP contribution in [0, 0.1) is 5.41 Å². The molecule has 0 unspecified atom stereocenters. The van der Waals surface area contributed by atoms with Crippen LogP contribution >= 0.6 is 11.8 Å². The third-order valence-corrected chi connectivity index (χ3v) is 6.38. The summed E-state index contributed by atoms with van der Waals surface area (Å²) in [4.78, 5) is 0. The van der Waals surface area contributed by atoms with Crippen LogP contribution < -0.4 is 5.32 Å². The highest BCUT2D eigenvalue weighted by Gasteiger charge is 2.53. The lowest BCUT2D eigenvalue weighted by atomic mass is 9.58. The van der Waals surface area contributed by atoms with Gasteiger partial charge in [0.05, 0.1) is 11.7 Å². The molecule has 0 aromatic rings. The molecular formula is C14H27NO2S. The Morgan fingerprint density at radius 1 is 1.39 bits per heavy atom. The Morgan fingerprint density at radius 2 is 2.11 bits per heavy atom. The van der Waals surface area contributed by atoms with E-state index < -0.39 is 5.60 Å². The van der Waals surface area contributed by atoms with Gasteiger partial charge in [0.1, 0.15) is 0 Å². The molecule has 0 bridgehead atoms. The van der Waals surface area contributed by atoms with E-state index in [2.05, 4.69) is 19.2 Å². The summed E-state index contributed by atoms with van der Waals surface area (Å²) >= 11 is 1.86. The minimum Gasteiger partial charge on any atom is -0.388 e. The predicted octanol–water partition coefficient (Wildman–Crippen LogP) is 2.04. The molecule has 4 heteroatoms. The second kappa shape index (κ2) is 5.70. The molecule has 18 heavy (non-hydrogen) atoms. The molecule has 2 rings (SSSR count). The number of ether oxygens (including phenoxy) is 1. The number of nitrogens with one attached hydrogen (secondary N) is 1. The van der Waals surface area contributed by atoms with Gasteiger partial charge in [-0.1, -0.05) is 13.8 Å². The summed E-state index contributed by atoms with van der Waals surface area (Å²) in [6.07, 6.45) is 4.69. The van der Waals surface area contributed by atoms with Crippen LogP contribution in [-0.4, -0.2) is 48.0 Å². The van der Waals surface area contributed by atoms with E-state index >= 15 is 0 Å². The fraction of sp³-hybridized carbons (Fsp3) is 1.00. The summed E-state index contributed by atoms with van der Waals surface area (Å²) in [6.45, 7) is 5.25. The normalized spacial score (nSPS) is 38.7. The van der Waals surface area contributed by atoms with Crippen LogP contribution in [0.4, 0.5) is 0 Å². The maximum Gasteiger partial charge on any atom is 0.0869 e. The van der Waals surface area contributed by atoms with Crippen molar-refractivity contribution in [1.29, 1.82) is 0 Å². The summed E-state index contributed by atoms with van der Waals surface area (Å²) in [6, 6.07) is 0.507. The quantitative estimate of drug-likeness (QED) is 0.777. The minimum absolute atomic E-state index is 0.275. The minimum atomic E-state index is -0.476. The average molecular weight is 273 g/mol. The molecule has 1 heterocycles. The van der Waals surface area contributed by atoms with E-state index in [9.17, 15) is 5.11 Å². The van der Waals surface area contributed by atoms with Gasteiger partial charge in [-0.15, -0.1) is 0 Å². The molecule has 2 N–H and O–H groups in total. The van der Waals surface area contributed by atoms with Gasteiger partial charge >= 0.3 is 0 Å². The van der Waals surface area contributed by atoms with Crippen molar-refractivity contribution in [3.8, 4) is 0 Å². The Labute approximate surface area is 115 Å². The summed E-state index contributed by atoms with van der Waals surface area (Å²) in [5.74, 6) is 1.97. The molecule has 106 valence electrons. The Hall–Kier alpha value is 0.230. The van der Waals surface area contributed by atoms with Crippen LogP contribution in [0.25, 0.3) is 0 Å². The molecule has 0 spiro atoms. The Bertz CT molecular complexity index is 275. The number of rotatable bonds is 6. The molecule has 0 aromatic heterocycles. The molecular weight excluding hydrogens is 246 g/mol. The topological polar surface area (TPSA) is 41.5 Å². The van der Waals surface area contributed by atoms with Gasteiger partial charge in [-0.3, -0.25) is 0 Å².